The second-order valence-electron chi connectivity index (χ2n) is 18.9. The van der Waals surface area contributed by atoms with Crippen LogP contribution in [0.1, 0.15) is 77.2 Å². The molecule has 0 spiro atoms. The number of halogens is 2. The highest BCUT2D eigenvalue weighted by atomic mass is 19.1. The number of pyridine rings is 2. The first-order valence-corrected chi connectivity index (χ1v) is 23.6. The summed E-state index contributed by atoms with van der Waals surface area (Å²) in [6.45, 7) is 10.2. The molecule has 1 atom stereocenters. The number of piperazine rings is 1. The molecule has 8 heterocycles. The van der Waals surface area contributed by atoms with Gasteiger partial charge >= 0.3 is 0 Å². The maximum absolute atomic E-state index is 16.0. The third-order valence-electron chi connectivity index (χ3n) is 14.8. The second kappa shape index (κ2) is 18.3. The first-order valence-electron chi connectivity index (χ1n) is 23.6. The Labute approximate surface area is 382 Å². The highest BCUT2D eigenvalue weighted by molar-refractivity contribution is 6.01. The number of benzene rings is 2. The van der Waals surface area contributed by atoms with E-state index in [1.54, 1.807) is 22.9 Å². The molecule has 2 aromatic carbocycles. The maximum atomic E-state index is 16.0. The number of carbonyl (C=O) groups excluding carboxylic acids is 3. The standard InChI is InChI=1S/C50H58F2N10O4/c1-31-25-34(49(65)61-18-9-32(10-19-61)29-59-21-23-60(24-22-59)44-5-3-35(27-39(44)51)55-42-4-6-45(63)56-48(42)64)26-40(52)46(31)33-11-16-58(17-12-33)30-36-28-38-43(8-15-54-47(38)57(36)2)62-20-13-41-37(50(62)66)7-14-53-41/h3,5,8,13,15,20,25-28,32-33,42,53,55H,4,6-7,9-12,14,16-19,21-24,29-30H2,1-2H3,(H,56,63,64). The molecule has 346 valence electrons. The van der Waals surface area contributed by atoms with E-state index in [1.165, 1.54) is 12.1 Å². The molecule has 0 aliphatic carbocycles. The minimum absolute atomic E-state index is 0.00324. The molecule has 14 nitrogen and oxygen atoms in total. The number of hydrogen-bond acceptors (Lipinski definition) is 10. The zero-order valence-electron chi connectivity index (χ0n) is 37.8. The van der Waals surface area contributed by atoms with Crippen LogP contribution in [0.5, 0.6) is 0 Å². The molecule has 10 rings (SSSR count). The number of nitrogens with zero attached hydrogens (tertiary/aromatic N) is 7. The Hall–Kier alpha value is -6.13. The van der Waals surface area contributed by atoms with Gasteiger partial charge in [-0.25, -0.2) is 13.8 Å². The van der Waals surface area contributed by atoms with Crippen molar-refractivity contribution in [1.82, 2.24) is 34.1 Å². The van der Waals surface area contributed by atoms with Crippen LogP contribution in [-0.2, 0) is 29.6 Å². The van der Waals surface area contributed by atoms with Gasteiger partial charge in [0.15, 0.2) is 0 Å². The van der Waals surface area contributed by atoms with Gasteiger partial charge in [-0.2, -0.15) is 0 Å². The monoisotopic (exact) mass is 900 g/mol. The number of hydrogen-bond donors (Lipinski definition) is 3. The van der Waals surface area contributed by atoms with Crippen LogP contribution in [-0.4, -0.2) is 118 Å². The van der Waals surface area contributed by atoms with Crippen molar-refractivity contribution in [3.05, 3.63) is 111 Å². The summed E-state index contributed by atoms with van der Waals surface area (Å²) in [5.41, 5.74) is 7.50. The minimum atomic E-state index is -0.569. The predicted molar refractivity (Wildman–Crippen MR) is 250 cm³/mol. The number of piperidine rings is 3. The maximum Gasteiger partial charge on any atom is 0.260 e. The summed E-state index contributed by atoms with van der Waals surface area (Å²) >= 11 is 0. The molecule has 0 bridgehead atoms. The molecule has 3 aromatic heterocycles. The number of rotatable bonds is 10. The fourth-order valence-electron chi connectivity index (χ4n) is 11.0. The summed E-state index contributed by atoms with van der Waals surface area (Å²) in [5.74, 6) is -0.933. The Morgan fingerprint density at radius 3 is 2.36 bits per heavy atom. The lowest BCUT2D eigenvalue weighted by atomic mass is 9.85. The Balaban J connectivity index is 0.692. The van der Waals surface area contributed by atoms with Crippen molar-refractivity contribution in [3.63, 3.8) is 0 Å². The zero-order chi connectivity index (χ0) is 45.6. The van der Waals surface area contributed by atoms with Gasteiger partial charge in [-0.1, -0.05) is 0 Å². The quantitative estimate of drug-likeness (QED) is 0.153. The number of imide groups is 1. The predicted octanol–water partition coefficient (Wildman–Crippen LogP) is 5.55. The molecule has 16 heteroatoms. The van der Waals surface area contributed by atoms with Crippen LogP contribution >= 0.6 is 0 Å². The zero-order valence-corrected chi connectivity index (χ0v) is 37.8. The largest absolute Gasteiger partial charge is 0.384 e. The van der Waals surface area contributed by atoms with Crippen molar-refractivity contribution in [2.45, 2.75) is 70.4 Å². The fraction of sp³-hybridized carbons (Fsp3) is 0.460. The van der Waals surface area contributed by atoms with Gasteiger partial charge in [-0.3, -0.25) is 38.9 Å². The number of aryl methyl sites for hydroxylation is 2. The van der Waals surface area contributed by atoms with Crippen LogP contribution < -0.4 is 26.4 Å². The number of aromatic nitrogens is 3. The molecule has 66 heavy (non-hydrogen) atoms. The summed E-state index contributed by atoms with van der Waals surface area (Å²) in [7, 11) is 2.02. The van der Waals surface area contributed by atoms with Gasteiger partial charge in [0.1, 0.15) is 23.3 Å². The molecule has 5 aromatic rings. The third kappa shape index (κ3) is 8.68. The second-order valence-corrected chi connectivity index (χ2v) is 18.9. The first kappa shape index (κ1) is 43.7. The molecule has 4 saturated heterocycles. The van der Waals surface area contributed by atoms with Crippen LogP contribution in [0.25, 0.3) is 16.7 Å². The average Bonchev–Trinajstić information content (AvgIpc) is 3.93. The van der Waals surface area contributed by atoms with E-state index in [2.05, 4.69) is 46.3 Å². The number of amides is 3. The number of anilines is 3. The summed E-state index contributed by atoms with van der Waals surface area (Å²) in [5, 5.41) is 9.59. The molecular formula is C50H58F2N10O4. The van der Waals surface area contributed by atoms with E-state index in [0.29, 0.717) is 55.5 Å². The minimum Gasteiger partial charge on any atom is -0.384 e. The fourth-order valence-corrected chi connectivity index (χ4v) is 11.0. The van der Waals surface area contributed by atoms with E-state index in [0.717, 1.165) is 123 Å². The van der Waals surface area contributed by atoms with Crippen molar-refractivity contribution in [1.29, 1.82) is 0 Å². The van der Waals surface area contributed by atoms with Crippen molar-refractivity contribution < 1.29 is 23.2 Å². The molecule has 3 amide bonds. The van der Waals surface area contributed by atoms with Crippen molar-refractivity contribution in [3.8, 4) is 5.69 Å². The molecule has 4 fully saturated rings. The molecular weight excluding hydrogens is 843 g/mol. The Bertz CT molecular complexity index is 2720. The van der Waals surface area contributed by atoms with Gasteiger partial charge in [0.2, 0.25) is 11.8 Å². The lowest BCUT2D eigenvalue weighted by molar-refractivity contribution is -0.133. The highest BCUT2D eigenvalue weighted by Gasteiger charge is 2.31. The lowest BCUT2D eigenvalue weighted by Crippen LogP contribution is -2.49. The van der Waals surface area contributed by atoms with Crippen molar-refractivity contribution in [2.24, 2.45) is 13.0 Å². The van der Waals surface area contributed by atoms with Crippen LogP contribution in [0.4, 0.5) is 25.8 Å². The summed E-state index contributed by atoms with van der Waals surface area (Å²) < 4.78 is 35.2. The smallest absolute Gasteiger partial charge is 0.260 e. The normalized spacial score (nSPS) is 20.2. The Kier molecular flexibility index (Phi) is 12.1. The first-order chi connectivity index (χ1) is 32.0. The molecule has 1 unspecified atom stereocenters. The van der Waals surface area contributed by atoms with E-state index in [-0.39, 0.29) is 41.3 Å². The average molecular weight is 901 g/mol. The van der Waals surface area contributed by atoms with Crippen LogP contribution in [0.2, 0.25) is 0 Å². The van der Waals surface area contributed by atoms with Crippen LogP contribution in [0, 0.1) is 24.5 Å². The molecule has 5 aliphatic heterocycles. The van der Waals surface area contributed by atoms with Gasteiger partial charge in [-0.05, 0) is 130 Å². The lowest BCUT2D eigenvalue weighted by Gasteiger charge is -2.39. The van der Waals surface area contributed by atoms with E-state index in [4.69, 9.17) is 0 Å². The van der Waals surface area contributed by atoms with Crippen molar-refractivity contribution >= 4 is 45.8 Å². The topological polar surface area (TPSA) is 140 Å². The van der Waals surface area contributed by atoms with E-state index in [1.807, 2.05) is 43.3 Å². The highest BCUT2D eigenvalue weighted by Crippen LogP contribution is 2.35. The van der Waals surface area contributed by atoms with Gasteiger partial charge < -0.3 is 25.0 Å². The van der Waals surface area contributed by atoms with Gasteiger partial charge in [0.25, 0.3) is 11.5 Å². The molecule has 5 aliphatic rings. The molecule has 3 N–H and O–H groups in total. The number of likely N-dealkylation sites (tertiary alicyclic amines) is 2. The van der Waals surface area contributed by atoms with E-state index in [9.17, 15) is 19.2 Å². The number of nitrogens with one attached hydrogen (secondary N) is 3. The third-order valence-corrected chi connectivity index (χ3v) is 14.8. The number of carbonyl (C=O) groups is 3. The van der Waals surface area contributed by atoms with Gasteiger partial charge in [-0.15, -0.1) is 0 Å². The van der Waals surface area contributed by atoms with Crippen molar-refractivity contribution in [2.75, 3.05) is 81.0 Å². The Morgan fingerprint density at radius 1 is 0.833 bits per heavy atom. The van der Waals surface area contributed by atoms with E-state index >= 15 is 8.78 Å². The summed E-state index contributed by atoms with van der Waals surface area (Å²) in [6, 6.07) is 13.7. The van der Waals surface area contributed by atoms with Crippen LogP contribution in [0.15, 0.2) is 65.7 Å². The molecule has 0 radical (unpaired) electrons. The number of fused-ring (bicyclic) bond motifs is 2. The molecule has 0 saturated carbocycles. The van der Waals surface area contributed by atoms with Gasteiger partial charge in [0, 0.05) is 118 Å². The Morgan fingerprint density at radius 2 is 1.62 bits per heavy atom. The van der Waals surface area contributed by atoms with Crippen LogP contribution in [0.3, 0.4) is 0 Å². The van der Waals surface area contributed by atoms with E-state index < -0.39 is 11.9 Å². The van der Waals surface area contributed by atoms with Gasteiger partial charge in [0.05, 0.1) is 11.4 Å². The SMILES string of the molecule is Cc1cc(C(=O)N2CCC(CN3CCN(c4ccc(NC5CCC(=O)NC5=O)cc4F)CC3)CC2)cc(F)c1C1CCN(Cc2cc3c(-n4ccc5c(c4=O)CCN5)ccnc3n2C)CC1. The summed E-state index contributed by atoms with van der Waals surface area (Å²) in [6.07, 6.45) is 8.33. The summed E-state index contributed by atoms with van der Waals surface area (Å²) in [4.78, 5) is 64.2.